The second kappa shape index (κ2) is 5.97. The van der Waals surface area contributed by atoms with Gasteiger partial charge in [-0.1, -0.05) is 6.07 Å². The summed E-state index contributed by atoms with van der Waals surface area (Å²) in [6.45, 7) is 0.696. The van der Waals surface area contributed by atoms with Crippen molar-refractivity contribution in [3.63, 3.8) is 0 Å². The van der Waals surface area contributed by atoms with E-state index in [1.807, 2.05) is 6.07 Å². The van der Waals surface area contributed by atoms with Crippen LogP contribution in [0.5, 0.6) is 0 Å². The van der Waals surface area contributed by atoms with Crippen LogP contribution in [0, 0.1) is 0 Å². The van der Waals surface area contributed by atoms with E-state index >= 15 is 0 Å². The lowest BCUT2D eigenvalue weighted by Gasteiger charge is -2.17. The molecule has 2 N–H and O–H groups in total. The minimum absolute atomic E-state index is 0.0297. The van der Waals surface area contributed by atoms with Crippen LogP contribution in [0.2, 0.25) is 0 Å². The summed E-state index contributed by atoms with van der Waals surface area (Å²) in [5.41, 5.74) is 6.92. The van der Waals surface area contributed by atoms with Crippen LogP contribution >= 0.6 is 0 Å². The molecule has 0 amide bonds. The monoisotopic (exact) mass is 247 g/mol. The van der Waals surface area contributed by atoms with Crippen LogP contribution in [0.3, 0.4) is 0 Å². The van der Waals surface area contributed by atoms with Crippen molar-refractivity contribution >= 4 is 0 Å². The number of aromatic nitrogens is 1. The number of hydrogen-bond acceptors (Lipinski definition) is 3. The highest BCUT2D eigenvalue weighted by atomic mass is 19.4. The SMILES string of the molecule is CN(CCC(F)(F)F)Cc1cccc(CN)n1. The van der Waals surface area contributed by atoms with Crippen LogP contribution in [0.15, 0.2) is 18.2 Å². The average molecular weight is 247 g/mol. The summed E-state index contributed by atoms with van der Waals surface area (Å²) in [7, 11) is 1.64. The smallest absolute Gasteiger partial charge is 0.325 e. The van der Waals surface area contributed by atoms with Gasteiger partial charge in [0.2, 0.25) is 0 Å². The van der Waals surface area contributed by atoms with E-state index in [0.29, 0.717) is 13.1 Å². The Morgan fingerprint density at radius 2 is 1.94 bits per heavy atom. The van der Waals surface area contributed by atoms with Gasteiger partial charge in [0.25, 0.3) is 0 Å². The molecule has 0 fully saturated rings. The third kappa shape index (κ3) is 5.65. The Hall–Kier alpha value is -1.14. The van der Waals surface area contributed by atoms with Gasteiger partial charge in [0.1, 0.15) is 0 Å². The molecular weight excluding hydrogens is 231 g/mol. The molecule has 17 heavy (non-hydrogen) atoms. The molecule has 0 radical (unpaired) electrons. The summed E-state index contributed by atoms with van der Waals surface area (Å²) >= 11 is 0. The Kier molecular flexibility index (Phi) is 4.89. The molecule has 0 aliphatic rings. The molecule has 3 nitrogen and oxygen atoms in total. The standard InChI is InChI=1S/C11H16F3N3/c1-17(6-5-11(12,13)14)8-10-4-2-3-9(7-15)16-10/h2-4H,5-8,15H2,1H3. The minimum Gasteiger partial charge on any atom is -0.325 e. The number of nitrogens with two attached hydrogens (primary N) is 1. The fourth-order valence-corrected chi connectivity index (χ4v) is 1.40. The highest BCUT2D eigenvalue weighted by Gasteiger charge is 2.27. The maximum absolute atomic E-state index is 12.0. The molecule has 96 valence electrons. The van der Waals surface area contributed by atoms with Crippen LogP contribution in [0.4, 0.5) is 13.2 Å². The molecule has 0 saturated carbocycles. The van der Waals surface area contributed by atoms with Crippen molar-refractivity contribution in [1.82, 2.24) is 9.88 Å². The topological polar surface area (TPSA) is 42.1 Å². The van der Waals surface area contributed by atoms with Crippen LogP contribution in [0.25, 0.3) is 0 Å². The summed E-state index contributed by atoms with van der Waals surface area (Å²) in [5.74, 6) is 0. The quantitative estimate of drug-likeness (QED) is 0.864. The van der Waals surface area contributed by atoms with E-state index in [-0.39, 0.29) is 6.54 Å². The van der Waals surface area contributed by atoms with Gasteiger partial charge in [-0.15, -0.1) is 0 Å². The van der Waals surface area contributed by atoms with E-state index < -0.39 is 12.6 Å². The predicted molar refractivity (Wildman–Crippen MR) is 59.1 cm³/mol. The van der Waals surface area contributed by atoms with Crippen LogP contribution in [-0.2, 0) is 13.1 Å². The highest BCUT2D eigenvalue weighted by molar-refractivity contribution is 5.10. The number of nitrogens with zero attached hydrogens (tertiary/aromatic N) is 2. The Morgan fingerprint density at radius 3 is 2.53 bits per heavy atom. The lowest BCUT2D eigenvalue weighted by atomic mass is 10.3. The fraction of sp³-hybridized carbons (Fsp3) is 0.545. The Labute approximate surface area is 98.4 Å². The molecule has 0 atom stereocenters. The molecule has 0 saturated heterocycles. The second-order valence-electron chi connectivity index (χ2n) is 3.93. The normalized spacial score (nSPS) is 12.1. The Balaban J connectivity index is 2.47. The van der Waals surface area contributed by atoms with Crippen molar-refractivity contribution in [2.24, 2.45) is 5.73 Å². The van der Waals surface area contributed by atoms with Crippen molar-refractivity contribution in [2.45, 2.75) is 25.7 Å². The first-order valence-electron chi connectivity index (χ1n) is 5.31. The first-order valence-corrected chi connectivity index (χ1v) is 5.31. The molecule has 0 unspecified atom stereocenters. The molecule has 0 bridgehead atoms. The zero-order valence-corrected chi connectivity index (χ0v) is 9.67. The zero-order chi connectivity index (χ0) is 12.9. The molecule has 1 aromatic rings. The van der Waals surface area contributed by atoms with E-state index in [1.165, 1.54) is 0 Å². The maximum Gasteiger partial charge on any atom is 0.390 e. The molecule has 0 aliphatic heterocycles. The number of pyridine rings is 1. The van der Waals surface area contributed by atoms with Gasteiger partial charge in [0, 0.05) is 19.6 Å². The lowest BCUT2D eigenvalue weighted by Crippen LogP contribution is -2.24. The number of halogens is 3. The van der Waals surface area contributed by atoms with Gasteiger partial charge in [-0.3, -0.25) is 4.98 Å². The van der Waals surface area contributed by atoms with Crippen molar-refractivity contribution in [1.29, 1.82) is 0 Å². The molecule has 1 rings (SSSR count). The van der Waals surface area contributed by atoms with Gasteiger partial charge in [0.05, 0.1) is 17.8 Å². The lowest BCUT2D eigenvalue weighted by molar-refractivity contribution is -0.137. The number of hydrogen-bond donors (Lipinski definition) is 1. The van der Waals surface area contributed by atoms with Crippen LogP contribution in [0.1, 0.15) is 17.8 Å². The van der Waals surface area contributed by atoms with Gasteiger partial charge in [0.15, 0.2) is 0 Å². The fourth-order valence-electron chi connectivity index (χ4n) is 1.40. The summed E-state index contributed by atoms with van der Waals surface area (Å²) in [5, 5.41) is 0. The molecule has 0 aliphatic carbocycles. The largest absolute Gasteiger partial charge is 0.390 e. The first kappa shape index (κ1) is 13.9. The van der Waals surface area contributed by atoms with Gasteiger partial charge >= 0.3 is 6.18 Å². The van der Waals surface area contributed by atoms with E-state index in [9.17, 15) is 13.2 Å². The molecular formula is C11H16F3N3. The van der Waals surface area contributed by atoms with Crippen molar-refractivity contribution in [3.8, 4) is 0 Å². The van der Waals surface area contributed by atoms with Crippen molar-refractivity contribution < 1.29 is 13.2 Å². The third-order valence-electron chi connectivity index (χ3n) is 2.28. The Morgan fingerprint density at radius 1 is 1.29 bits per heavy atom. The van der Waals surface area contributed by atoms with E-state index in [1.54, 1.807) is 24.1 Å². The molecule has 6 heteroatoms. The minimum atomic E-state index is -4.11. The first-order chi connectivity index (χ1) is 7.90. The van der Waals surface area contributed by atoms with Crippen LogP contribution in [-0.4, -0.2) is 29.7 Å². The van der Waals surface area contributed by atoms with E-state index in [0.717, 1.165) is 11.4 Å². The highest BCUT2D eigenvalue weighted by Crippen LogP contribution is 2.19. The molecule has 0 aromatic carbocycles. The number of rotatable bonds is 5. The van der Waals surface area contributed by atoms with Crippen LogP contribution < -0.4 is 5.73 Å². The Bertz CT molecular complexity index is 352. The summed E-state index contributed by atoms with van der Waals surface area (Å²) < 4.78 is 36.0. The van der Waals surface area contributed by atoms with E-state index in [4.69, 9.17) is 5.73 Å². The molecule has 0 spiro atoms. The average Bonchev–Trinajstić information content (AvgIpc) is 2.26. The summed E-state index contributed by atoms with van der Waals surface area (Å²) in [4.78, 5) is 5.82. The maximum atomic E-state index is 12.0. The number of alkyl halides is 3. The molecule has 1 heterocycles. The summed E-state index contributed by atoms with van der Waals surface area (Å²) in [6, 6.07) is 5.38. The summed E-state index contributed by atoms with van der Waals surface area (Å²) in [6.07, 6.45) is -4.92. The molecule has 1 aromatic heterocycles. The van der Waals surface area contributed by atoms with Gasteiger partial charge < -0.3 is 10.6 Å². The van der Waals surface area contributed by atoms with Gasteiger partial charge in [-0.2, -0.15) is 13.2 Å². The predicted octanol–water partition coefficient (Wildman–Crippen LogP) is 1.92. The van der Waals surface area contributed by atoms with Gasteiger partial charge in [-0.25, -0.2) is 0 Å². The van der Waals surface area contributed by atoms with E-state index in [2.05, 4.69) is 4.98 Å². The third-order valence-corrected chi connectivity index (χ3v) is 2.28. The van der Waals surface area contributed by atoms with Crippen molar-refractivity contribution in [2.75, 3.05) is 13.6 Å². The second-order valence-corrected chi connectivity index (χ2v) is 3.93. The zero-order valence-electron chi connectivity index (χ0n) is 9.67. The van der Waals surface area contributed by atoms with Crippen molar-refractivity contribution in [3.05, 3.63) is 29.6 Å². The van der Waals surface area contributed by atoms with Gasteiger partial charge in [-0.05, 0) is 19.2 Å².